The third-order valence-corrected chi connectivity index (χ3v) is 2.79. The number of nitrogens with two attached hydrogens (primary N) is 1. The van der Waals surface area contributed by atoms with Crippen molar-refractivity contribution in [1.29, 1.82) is 0 Å². The first-order valence-corrected chi connectivity index (χ1v) is 6.31. The lowest BCUT2D eigenvalue weighted by atomic mass is 10.1. The molecule has 0 aromatic carbocycles. The van der Waals surface area contributed by atoms with Crippen molar-refractivity contribution < 1.29 is 19.5 Å². The van der Waals surface area contributed by atoms with Gasteiger partial charge in [-0.3, -0.25) is 9.78 Å². The number of primary amides is 1. The van der Waals surface area contributed by atoms with Crippen molar-refractivity contribution in [2.75, 3.05) is 7.05 Å². The number of carbonyl (C=O) groups is 3. The van der Waals surface area contributed by atoms with E-state index in [1.54, 1.807) is 31.6 Å². The van der Waals surface area contributed by atoms with Crippen LogP contribution in [0.5, 0.6) is 0 Å². The van der Waals surface area contributed by atoms with Gasteiger partial charge in [0.1, 0.15) is 6.04 Å². The summed E-state index contributed by atoms with van der Waals surface area (Å²) in [5.74, 6) is -1.82. The van der Waals surface area contributed by atoms with E-state index < -0.39 is 23.9 Å². The van der Waals surface area contributed by atoms with Gasteiger partial charge in [0.25, 0.3) is 0 Å². The Balaban J connectivity index is 2.56. The van der Waals surface area contributed by atoms with Gasteiger partial charge in [-0.25, -0.2) is 9.59 Å². The zero-order valence-corrected chi connectivity index (χ0v) is 11.7. The van der Waals surface area contributed by atoms with Crippen LogP contribution in [0.4, 0.5) is 4.79 Å². The highest BCUT2D eigenvalue weighted by atomic mass is 16.4. The van der Waals surface area contributed by atoms with Crippen LogP contribution in [-0.4, -0.2) is 46.0 Å². The molecule has 0 saturated heterocycles. The second kappa shape index (κ2) is 7.83. The maximum absolute atomic E-state index is 11.9. The Bertz CT molecular complexity index is 506. The van der Waals surface area contributed by atoms with Crippen LogP contribution >= 0.6 is 0 Å². The smallest absolute Gasteiger partial charge is 0.326 e. The van der Waals surface area contributed by atoms with E-state index in [0.29, 0.717) is 6.54 Å². The molecule has 0 aliphatic rings. The quantitative estimate of drug-likeness (QED) is 0.649. The number of nitrogens with zero attached hydrogens (tertiary/aromatic N) is 2. The maximum Gasteiger partial charge on any atom is 0.326 e. The van der Waals surface area contributed by atoms with E-state index in [9.17, 15) is 14.4 Å². The molecule has 21 heavy (non-hydrogen) atoms. The lowest BCUT2D eigenvalue weighted by molar-refractivity contribution is -0.139. The fourth-order valence-electron chi connectivity index (χ4n) is 1.64. The normalized spacial score (nSPS) is 11.5. The van der Waals surface area contributed by atoms with Crippen molar-refractivity contribution >= 4 is 17.9 Å². The first kappa shape index (κ1) is 16.4. The fourth-order valence-corrected chi connectivity index (χ4v) is 1.64. The minimum Gasteiger partial charge on any atom is -0.480 e. The van der Waals surface area contributed by atoms with Gasteiger partial charge in [0.15, 0.2) is 0 Å². The van der Waals surface area contributed by atoms with Crippen LogP contribution in [0.25, 0.3) is 0 Å². The van der Waals surface area contributed by atoms with Crippen LogP contribution in [0, 0.1) is 0 Å². The van der Waals surface area contributed by atoms with Crippen LogP contribution in [-0.2, 0) is 16.1 Å². The molecule has 0 aliphatic carbocycles. The standard InChI is InChI=1S/C13H18N4O4/c1-17(8-9-4-6-15-7-5-9)13(21)16-10(12(19)20)2-3-11(14)18/h4-7,10H,2-3,8H2,1H3,(H2,14,18)(H,16,21)(H,19,20)/t10-/m1/s1. The number of urea groups is 1. The second-order valence-electron chi connectivity index (χ2n) is 4.56. The van der Waals surface area contributed by atoms with E-state index in [2.05, 4.69) is 10.3 Å². The molecule has 0 radical (unpaired) electrons. The molecular weight excluding hydrogens is 276 g/mol. The molecule has 1 rings (SSSR count). The molecular formula is C13H18N4O4. The number of amides is 3. The molecule has 1 aromatic rings. The van der Waals surface area contributed by atoms with Crippen LogP contribution in [0.1, 0.15) is 18.4 Å². The summed E-state index contributed by atoms with van der Waals surface area (Å²) in [4.78, 5) is 38.9. The number of nitrogens with one attached hydrogen (secondary N) is 1. The minimum absolute atomic E-state index is 0.0422. The average molecular weight is 294 g/mol. The van der Waals surface area contributed by atoms with Gasteiger partial charge in [0.2, 0.25) is 5.91 Å². The zero-order valence-electron chi connectivity index (χ0n) is 11.7. The monoisotopic (exact) mass is 294 g/mol. The van der Waals surface area contributed by atoms with Gasteiger partial charge < -0.3 is 21.1 Å². The number of hydrogen-bond donors (Lipinski definition) is 3. The van der Waals surface area contributed by atoms with Gasteiger partial charge in [-0.05, 0) is 24.1 Å². The molecule has 4 N–H and O–H groups in total. The third-order valence-electron chi connectivity index (χ3n) is 2.79. The van der Waals surface area contributed by atoms with E-state index in [4.69, 9.17) is 10.8 Å². The number of carboxylic acid groups (broad SMARTS) is 1. The van der Waals surface area contributed by atoms with Gasteiger partial charge in [-0.1, -0.05) is 0 Å². The summed E-state index contributed by atoms with van der Waals surface area (Å²) in [6.07, 6.45) is 3.06. The summed E-state index contributed by atoms with van der Waals surface area (Å²) in [7, 11) is 1.54. The van der Waals surface area contributed by atoms with E-state index >= 15 is 0 Å². The fraction of sp³-hybridized carbons (Fsp3) is 0.385. The Labute approximate surface area is 121 Å². The molecule has 8 nitrogen and oxygen atoms in total. The Kier molecular flexibility index (Phi) is 6.12. The van der Waals surface area contributed by atoms with Gasteiger partial charge in [-0.2, -0.15) is 0 Å². The van der Waals surface area contributed by atoms with E-state index in [-0.39, 0.29) is 12.8 Å². The Hall–Kier alpha value is -2.64. The molecule has 0 fully saturated rings. The topological polar surface area (TPSA) is 126 Å². The number of carboxylic acids is 1. The largest absolute Gasteiger partial charge is 0.480 e. The molecule has 0 bridgehead atoms. The summed E-state index contributed by atoms with van der Waals surface area (Å²) in [6, 6.07) is 1.82. The molecule has 114 valence electrons. The predicted molar refractivity (Wildman–Crippen MR) is 74.1 cm³/mol. The molecule has 3 amide bonds. The van der Waals surface area contributed by atoms with E-state index in [0.717, 1.165) is 5.56 Å². The second-order valence-corrected chi connectivity index (χ2v) is 4.56. The summed E-state index contributed by atoms with van der Waals surface area (Å²) in [6.45, 7) is 0.316. The Morgan fingerprint density at radius 1 is 1.38 bits per heavy atom. The van der Waals surface area contributed by atoms with Crippen LogP contribution in [0.3, 0.4) is 0 Å². The SMILES string of the molecule is CN(Cc1ccncc1)C(=O)N[C@H](CCC(N)=O)C(=O)O. The van der Waals surface area contributed by atoms with Crippen molar-refractivity contribution in [3.63, 3.8) is 0 Å². The number of aromatic nitrogens is 1. The summed E-state index contributed by atoms with van der Waals surface area (Å²) < 4.78 is 0. The molecule has 0 aliphatic heterocycles. The molecule has 0 spiro atoms. The van der Waals surface area contributed by atoms with Crippen LogP contribution in [0.15, 0.2) is 24.5 Å². The molecule has 0 unspecified atom stereocenters. The highest BCUT2D eigenvalue weighted by molar-refractivity contribution is 5.83. The van der Waals surface area contributed by atoms with Gasteiger partial charge in [-0.15, -0.1) is 0 Å². The lowest BCUT2D eigenvalue weighted by Gasteiger charge is -2.21. The summed E-state index contributed by atoms with van der Waals surface area (Å²) >= 11 is 0. The molecule has 1 atom stereocenters. The van der Waals surface area contributed by atoms with Gasteiger partial charge in [0.05, 0.1) is 0 Å². The Morgan fingerprint density at radius 3 is 2.52 bits per heavy atom. The van der Waals surface area contributed by atoms with Crippen molar-refractivity contribution in [1.82, 2.24) is 15.2 Å². The molecule has 1 aromatic heterocycles. The maximum atomic E-state index is 11.9. The molecule has 0 saturated carbocycles. The highest BCUT2D eigenvalue weighted by Crippen LogP contribution is 2.03. The van der Waals surface area contributed by atoms with E-state index in [1.165, 1.54) is 4.90 Å². The van der Waals surface area contributed by atoms with Crippen molar-refractivity contribution in [3.05, 3.63) is 30.1 Å². The number of hydrogen-bond acceptors (Lipinski definition) is 4. The summed E-state index contributed by atoms with van der Waals surface area (Å²) in [5.41, 5.74) is 5.84. The average Bonchev–Trinajstić information content (AvgIpc) is 2.43. The molecule has 1 heterocycles. The van der Waals surface area contributed by atoms with Gasteiger partial charge in [0, 0.05) is 32.4 Å². The first-order valence-electron chi connectivity index (χ1n) is 6.31. The molecule has 8 heteroatoms. The zero-order chi connectivity index (χ0) is 15.8. The Morgan fingerprint density at radius 2 is 2.00 bits per heavy atom. The van der Waals surface area contributed by atoms with Crippen LogP contribution < -0.4 is 11.1 Å². The van der Waals surface area contributed by atoms with Crippen molar-refractivity contribution in [2.24, 2.45) is 5.73 Å². The lowest BCUT2D eigenvalue weighted by Crippen LogP contribution is -2.46. The first-order chi connectivity index (χ1) is 9.90. The van der Waals surface area contributed by atoms with Crippen LogP contribution in [0.2, 0.25) is 0 Å². The summed E-state index contributed by atoms with van der Waals surface area (Å²) in [5, 5.41) is 11.4. The number of pyridine rings is 1. The van der Waals surface area contributed by atoms with Crippen molar-refractivity contribution in [2.45, 2.75) is 25.4 Å². The highest BCUT2D eigenvalue weighted by Gasteiger charge is 2.22. The third kappa shape index (κ3) is 5.89. The number of carbonyl (C=O) groups excluding carboxylic acids is 2. The number of rotatable bonds is 7. The minimum atomic E-state index is -1.21. The van der Waals surface area contributed by atoms with Gasteiger partial charge >= 0.3 is 12.0 Å². The number of aliphatic carboxylic acids is 1. The van der Waals surface area contributed by atoms with E-state index in [1.807, 2.05) is 0 Å². The van der Waals surface area contributed by atoms with Crippen molar-refractivity contribution in [3.8, 4) is 0 Å². The predicted octanol–water partition coefficient (Wildman–Crippen LogP) is -0.0583.